The summed E-state index contributed by atoms with van der Waals surface area (Å²) in [4.78, 5) is 12.3. The Morgan fingerprint density at radius 2 is 2.17 bits per heavy atom. The van der Waals surface area contributed by atoms with Gasteiger partial charge in [0.05, 0.1) is 12.1 Å². The van der Waals surface area contributed by atoms with Gasteiger partial charge >= 0.3 is 6.55 Å². The normalized spacial score (nSPS) is 21.7. The van der Waals surface area contributed by atoms with Crippen LogP contribution >= 0.6 is 11.8 Å². The third-order valence-electron chi connectivity index (χ3n) is 4.39. The van der Waals surface area contributed by atoms with Crippen LogP contribution in [0.1, 0.15) is 56.1 Å². The van der Waals surface area contributed by atoms with Crippen molar-refractivity contribution in [2.75, 3.05) is 5.75 Å². The van der Waals surface area contributed by atoms with Crippen molar-refractivity contribution in [3.8, 4) is 0 Å². The standard InChI is InChI=1S/C16H25F2N3OS/c1-4-23-13-7-5-6-12(8-13)19-15(22)9-14-10(2)20-21(11(14)3)16(17)18/h12-13,16H,4-9H2,1-3H3,(H,19,22)/t12-,13+/m1/s1. The summed E-state index contributed by atoms with van der Waals surface area (Å²) in [6, 6.07) is 0.200. The first-order chi connectivity index (χ1) is 10.9. The molecule has 1 fully saturated rings. The Labute approximate surface area is 140 Å². The van der Waals surface area contributed by atoms with E-state index in [0.29, 0.717) is 26.9 Å². The Balaban J connectivity index is 1.95. The number of nitrogens with zero attached hydrogens (tertiary/aromatic N) is 2. The van der Waals surface area contributed by atoms with Crippen LogP contribution < -0.4 is 5.32 Å². The molecule has 0 spiro atoms. The van der Waals surface area contributed by atoms with E-state index in [0.717, 1.165) is 25.0 Å². The topological polar surface area (TPSA) is 46.9 Å². The van der Waals surface area contributed by atoms with E-state index in [1.54, 1.807) is 13.8 Å². The van der Waals surface area contributed by atoms with Crippen LogP contribution in [0.25, 0.3) is 0 Å². The fourth-order valence-corrected chi connectivity index (χ4v) is 4.42. The van der Waals surface area contributed by atoms with E-state index < -0.39 is 6.55 Å². The van der Waals surface area contributed by atoms with Gasteiger partial charge in [0.2, 0.25) is 5.91 Å². The second-order valence-corrected chi connectivity index (χ2v) is 7.63. The van der Waals surface area contributed by atoms with Crippen LogP contribution in [0.15, 0.2) is 0 Å². The molecule has 1 aromatic heterocycles. The maximum Gasteiger partial charge on any atom is 0.333 e. The molecular weight excluding hydrogens is 320 g/mol. The van der Waals surface area contributed by atoms with Crippen LogP contribution in [-0.2, 0) is 11.2 Å². The molecule has 0 saturated heterocycles. The molecule has 23 heavy (non-hydrogen) atoms. The Kier molecular flexibility index (Phi) is 6.44. The van der Waals surface area contributed by atoms with Gasteiger partial charge in [-0.05, 0) is 38.9 Å². The van der Waals surface area contributed by atoms with Gasteiger partial charge in [0.25, 0.3) is 0 Å². The lowest BCUT2D eigenvalue weighted by atomic mass is 9.94. The number of rotatable bonds is 6. The highest BCUT2D eigenvalue weighted by atomic mass is 32.2. The molecule has 1 amide bonds. The van der Waals surface area contributed by atoms with E-state index in [1.807, 2.05) is 11.8 Å². The first-order valence-corrected chi connectivity index (χ1v) is 9.20. The molecule has 2 rings (SSSR count). The maximum atomic E-state index is 12.8. The molecule has 130 valence electrons. The van der Waals surface area contributed by atoms with Crippen LogP contribution in [0.5, 0.6) is 0 Å². The zero-order chi connectivity index (χ0) is 17.0. The second-order valence-electron chi connectivity index (χ2n) is 6.06. The van der Waals surface area contributed by atoms with E-state index in [-0.39, 0.29) is 18.4 Å². The Morgan fingerprint density at radius 3 is 2.78 bits per heavy atom. The molecule has 1 heterocycles. The maximum absolute atomic E-state index is 12.8. The predicted octanol–water partition coefficient (Wildman–Crippen LogP) is 3.62. The molecule has 1 saturated carbocycles. The predicted molar refractivity (Wildman–Crippen MR) is 89.0 cm³/mol. The smallest absolute Gasteiger partial charge is 0.333 e. The summed E-state index contributed by atoms with van der Waals surface area (Å²) in [6.45, 7) is 2.74. The van der Waals surface area contributed by atoms with Crippen LogP contribution in [0.2, 0.25) is 0 Å². The molecule has 1 N–H and O–H groups in total. The minimum atomic E-state index is -2.67. The van der Waals surface area contributed by atoms with E-state index in [9.17, 15) is 13.6 Å². The van der Waals surface area contributed by atoms with E-state index >= 15 is 0 Å². The number of halogens is 2. The summed E-state index contributed by atoms with van der Waals surface area (Å²) in [5.74, 6) is 0.994. The molecule has 0 aromatic carbocycles. The fraction of sp³-hybridized carbons (Fsp3) is 0.750. The number of amides is 1. The molecule has 0 unspecified atom stereocenters. The zero-order valence-corrected chi connectivity index (χ0v) is 14.8. The minimum absolute atomic E-state index is 0.0998. The highest BCUT2D eigenvalue weighted by Crippen LogP contribution is 2.28. The molecule has 2 atom stereocenters. The Hall–Kier alpha value is -1.11. The van der Waals surface area contributed by atoms with Gasteiger partial charge < -0.3 is 5.32 Å². The summed E-state index contributed by atoms with van der Waals surface area (Å²) < 4.78 is 26.4. The summed E-state index contributed by atoms with van der Waals surface area (Å²) in [7, 11) is 0. The first-order valence-electron chi connectivity index (χ1n) is 8.16. The number of hydrogen-bond acceptors (Lipinski definition) is 3. The van der Waals surface area contributed by atoms with Crippen LogP contribution in [0.4, 0.5) is 8.78 Å². The van der Waals surface area contributed by atoms with Gasteiger partial charge in [0.1, 0.15) is 0 Å². The monoisotopic (exact) mass is 345 g/mol. The summed E-state index contributed by atoms with van der Waals surface area (Å²) in [6.07, 6.45) is 4.46. The van der Waals surface area contributed by atoms with Gasteiger partial charge in [-0.15, -0.1) is 0 Å². The third kappa shape index (κ3) is 4.68. The van der Waals surface area contributed by atoms with Crippen LogP contribution in [-0.4, -0.2) is 32.7 Å². The van der Waals surface area contributed by atoms with Crippen molar-refractivity contribution >= 4 is 17.7 Å². The van der Waals surface area contributed by atoms with Crippen LogP contribution in [0.3, 0.4) is 0 Å². The molecule has 1 aliphatic carbocycles. The van der Waals surface area contributed by atoms with Crippen molar-refractivity contribution in [2.45, 2.75) is 70.7 Å². The minimum Gasteiger partial charge on any atom is -0.353 e. The van der Waals surface area contributed by atoms with Gasteiger partial charge in [-0.1, -0.05) is 13.3 Å². The molecular formula is C16H25F2N3OS. The van der Waals surface area contributed by atoms with Crippen LogP contribution in [0, 0.1) is 13.8 Å². The number of carbonyl (C=O) groups is 1. The molecule has 0 bridgehead atoms. The Bertz CT molecular complexity index is 546. The lowest BCUT2D eigenvalue weighted by molar-refractivity contribution is -0.121. The highest BCUT2D eigenvalue weighted by Gasteiger charge is 2.24. The lowest BCUT2D eigenvalue weighted by Gasteiger charge is -2.29. The zero-order valence-electron chi connectivity index (χ0n) is 13.9. The lowest BCUT2D eigenvalue weighted by Crippen LogP contribution is -2.40. The number of carbonyl (C=O) groups excluding carboxylic acids is 1. The number of nitrogens with one attached hydrogen (secondary N) is 1. The number of aryl methyl sites for hydroxylation is 1. The molecule has 0 radical (unpaired) electrons. The largest absolute Gasteiger partial charge is 0.353 e. The average Bonchev–Trinajstić information content (AvgIpc) is 2.76. The number of thioether (sulfide) groups is 1. The summed E-state index contributed by atoms with van der Waals surface area (Å²) >= 11 is 1.95. The average molecular weight is 345 g/mol. The second kappa shape index (κ2) is 8.13. The van der Waals surface area contributed by atoms with E-state index in [1.165, 1.54) is 6.42 Å². The number of hydrogen-bond donors (Lipinski definition) is 1. The van der Waals surface area contributed by atoms with Crippen molar-refractivity contribution in [1.82, 2.24) is 15.1 Å². The van der Waals surface area contributed by atoms with Gasteiger partial charge in [-0.2, -0.15) is 25.6 Å². The quantitative estimate of drug-likeness (QED) is 0.857. The fourth-order valence-electron chi connectivity index (χ4n) is 3.25. The van der Waals surface area contributed by atoms with Crippen molar-refractivity contribution in [2.24, 2.45) is 0 Å². The molecule has 4 nitrogen and oxygen atoms in total. The number of aromatic nitrogens is 2. The third-order valence-corrected chi connectivity index (χ3v) is 5.62. The molecule has 0 aliphatic heterocycles. The molecule has 1 aromatic rings. The van der Waals surface area contributed by atoms with Gasteiger partial charge in [-0.3, -0.25) is 4.79 Å². The van der Waals surface area contributed by atoms with Crippen molar-refractivity contribution < 1.29 is 13.6 Å². The van der Waals surface area contributed by atoms with E-state index in [4.69, 9.17) is 0 Å². The van der Waals surface area contributed by atoms with Gasteiger partial charge in [0.15, 0.2) is 0 Å². The first kappa shape index (κ1) is 18.2. The number of alkyl halides is 2. The summed E-state index contributed by atoms with van der Waals surface area (Å²) in [5, 5.41) is 7.52. The Morgan fingerprint density at radius 1 is 1.43 bits per heavy atom. The van der Waals surface area contributed by atoms with Crippen molar-refractivity contribution in [1.29, 1.82) is 0 Å². The van der Waals surface area contributed by atoms with Gasteiger partial charge in [-0.25, -0.2) is 4.68 Å². The molecule has 7 heteroatoms. The van der Waals surface area contributed by atoms with Gasteiger partial charge in [0, 0.05) is 22.5 Å². The highest BCUT2D eigenvalue weighted by molar-refractivity contribution is 7.99. The van der Waals surface area contributed by atoms with E-state index in [2.05, 4.69) is 17.3 Å². The van der Waals surface area contributed by atoms with Crippen molar-refractivity contribution in [3.63, 3.8) is 0 Å². The van der Waals surface area contributed by atoms with Crippen molar-refractivity contribution in [3.05, 3.63) is 17.0 Å². The summed E-state index contributed by atoms with van der Waals surface area (Å²) in [5.41, 5.74) is 1.48. The SMILES string of the molecule is CCS[C@H]1CCC[C@@H](NC(=O)Cc2c(C)nn(C(F)F)c2C)C1. The molecule has 1 aliphatic rings.